The summed E-state index contributed by atoms with van der Waals surface area (Å²) in [6.07, 6.45) is 2.97. The van der Waals surface area contributed by atoms with E-state index in [0.29, 0.717) is 18.8 Å². The summed E-state index contributed by atoms with van der Waals surface area (Å²) in [6.45, 7) is 2.34. The van der Waals surface area contributed by atoms with E-state index < -0.39 is 0 Å². The summed E-state index contributed by atoms with van der Waals surface area (Å²) in [5.41, 5.74) is 6.13. The van der Waals surface area contributed by atoms with Gasteiger partial charge < -0.3 is 24.8 Å². The molecular formula is C29H34N4O2. The lowest BCUT2D eigenvalue weighted by molar-refractivity contribution is 0.0985. The van der Waals surface area contributed by atoms with E-state index in [9.17, 15) is 9.90 Å². The third-order valence-corrected chi connectivity index (χ3v) is 7.07. The Hall–Kier alpha value is -3.35. The van der Waals surface area contributed by atoms with Gasteiger partial charge in [0.05, 0.1) is 6.61 Å². The molecule has 0 saturated heterocycles. The maximum atomic E-state index is 13.7. The van der Waals surface area contributed by atoms with E-state index in [-0.39, 0.29) is 12.5 Å². The van der Waals surface area contributed by atoms with Crippen LogP contribution in [0.5, 0.6) is 0 Å². The Kier molecular flexibility index (Phi) is 6.50. The van der Waals surface area contributed by atoms with Crippen LogP contribution in [-0.2, 0) is 12.8 Å². The first-order valence-electron chi connectivity index (χ1n) is 12.4. The number of hydrogen-bond acceptors (Lipinski definition) is 4. The summed E-state index contributed by atoms with van der Waals surface area (Å²) in [6, 6.07) is 18.9. The van der Waals surface area contributed by atoms with Gasteiger partial charge in [0.2, 0.25) is 0 Å². The SMILES string of the molecule is CN(C)CCCc1ccc2[nH]c(C(=O)N3CCc4c3cc(N(C)CCO)c3ccccc43)cc2c1. The van der Waals surface area contributed by atoms with Crippen LogP contribution >= 0.6 is 0 Å². The lowest BCUT2D eigenvalue weighted by atomic mass is 10.00. The van der Waals surface area contributed by atoms with Gasteiger partial charge in [-0.05, 0) is 80.7 Å². The standard InChI is InChI=1S/C29H34N4O2/c1-31(2)13-6-7-20-10-11-25-21(17-20)18-26(30-25)29(35)33-14-12-24-22-8-4-5-9-23(22)27(19-28(24)33)32(3)15-16-34/h4-5,8-11,17-19,30,34H,6-7,12-16H2,1-3H3. The van der Waals surface area contributed by atoms with E-state index in [1.165, 1.54) is 16.5 Å². The third kappa shape index (κ3) is 4.51. The number of benzene rings is 3. The second-order valence-corrected chi connectivity index (χ2v) is 9.80. The van der Waals surface area contributed by atoms with Gasteiger partial charge in [-0.2, -0.15) is 0 Å². The number of anilines is 2. The van der Waals surface area contributed by atoms with Crippen molar-refractivity contribution in [2.75, 3.05) is 57.2 Å². The van der Waals surface area contributed by atoms with E-state index in [1.54, 1.807) is 0 Å². The molecule has 35 heavy (non-hydrogen) atoms. The zero-order valence-electron chi connectivity index (χ0n) is 20.8. The summed E-state index contributed by atoms with van der Waals surface area (Å²) in [5, 5.41) is 12.9. The molecule has 0 bridgehead atoms. The molecule has 2 heterocycles. The first kappa shape index (κ1) is 23.4. The van der Waals surface area contributed by atoms with E-state index in [1.807, 2.05) is 24.1 Å². The van der Waals surface area contributed by atoms with Gasteiger partial charge >= 0.3 is 0 Å². The Bertz CT molecular complexity index is 1370. The zero-order valence-corrected chi connectivity index (χ0v) is 20.8. The van der Waals surface area contributed by atoms with Crippen molar-refractivity contribution in [1.29, 1.82) is 0 Å². The van der Waals surface area contributed by atoms with Crippen LogP contribution in [0.1, 0.15) is 28.0 Å². The first-order valence-corrected chi connectivity index (χ1v) is 12.4. The highest BCUT2D eigenvalue weighted by Gasteiger charge is 2.29. The molecule has 1 aliphatic heterocycles. The van der Waals surface area contributed by atoms with E-state index in [2.05, 4.69) is 71.3 Å². The summed E-state index contributed by atoms with van der Waals surface area (Å²) in [7, 11) is 6.18. The number of aryl methyl sites for hydroxylation is 1. The normalized spacial score (nSPS) is 13.2. The predicted molar refractivity (Wildman–Crippen MR) is 145 cm³/mol. The number of nitrogens with zero attached hydrogens (tertiary/aromatic N) is 3. The van der Waals surface area contributed by atoms with Crippen molar-refractivity contribution < 1.29 is 9.90 Å². The Labute approximate surface area is 206 Å². The number of aliphatic hydroxyl groups excluding tert-OH is 1. The maximum absolute atomic E-state index is 13.7. The van der Waals surface area contributed by atoms with Crippen molar-refractivity contribution in [1.82, 2.24) is 9.88 Å². The Morgan fingerprint density at radius 1 is 1.03 bits per heavy atom. The number of carbonyl (C=O) groups is 1. The van der Waals surface area contributed by atoms with Crippen LogP contribution in [0.15, 0.2) is 54.6 Å². The van der Waals surface area contributed by atoms with Gasteiger partial charge in [-0.1, -0.05) is 30.3 Å². The number of likely N-dealkylation sites (N-methyl/N-ethyl adjacent to an activating group) is 1. The van der Waals surface area contributed by atoms with E-state index in [4.69, 9.17) is 0 Å². The average molecular weight is 471 g/mol. The molecule has 182 valence electrons. The third-order valence-electron chi connectivity index (χ3n) is 7.07. The van der Waals surface area contributed by atoms with Crippen LogP contribution < -0.4 is 9.80 Å². The molecule has 0 fully saturated rings. The summed E-state index contributed by atoms with van der Waals surface area (Å²) < 4.78 is 0. The van der Waals surface area contributed by atoms with Crippen molar-refractivity contribution in [3.63, 3.8) is 0 Å². The van der Waals surface area contributed by atoms with E-state index in [0.717, 1.165) is 53.5 Å². The minimum absolute atomic E-state index is 0.000139. The second-order valence-electron chi connectivity index (χ2n) is 9.80. The lowest BCUT2D eigenvalue weighted by Gasteiger charge is -2.24. The molecule has 0 saturated carbocycles. The summed E-state index contributed by atoms with van der Waals surface area (Å²) in [5.74, 6) is 0.000139. The molecule has 1 aliphatic rings. The fourth-order valence-corrected chi connectivity index (χ4v) is 5.24. The van der Waals surface area contributed by atoms with Gasteiger partial charge in [0, 0.05) is 47.8 Å². The number of amides is 1. The van der Waals surface area contributed by atoms with Crippen LogP contribution in [0, 0.1) is 0 Å². The monoisotopic (exact) mass is 470 g/mol. The Morgan fingerprint density at radius 3 is 2.60 bits per heavy atom. The highest BCUT2D eigenvalue weighted by molar-refractivity contribution is 6.11. The highest BCUT2D eigenvalue weighted by atomic mass is 16.3. The van der Waals surface area contributed by atoms with Crippen LogP contribution in [0.2, 0.25) is 0 Å². The fraction of sp³-hybridized carbons (Fsp3) is 0.345. The van der Waals surface area contributed by atoms with Crippen LogP contribution in [0.4, 0.5) is 11.4 Å². The topological polar surface area (TPSA) is 62.8 Å². The van der Waals surface area contributed by atoms with Crippen molar-refractivity contribution in [2.24, 2.45) is 0 Å². The molecule has 5 rings (SSSR count). The van der Waals surface area contributed by atoms with Gasteiger partial charge in [0.25, 0.3) is 5.91 Å². The molecule has 0 aliphatic carbocycles. The number of rotatable bonds is 8. The van der Waals surface area contributed by atoms with Crippen LogP contribution in [-0.4, -0.2) is 68.3 Å². The molecule has 6 heteroatoms. The van der Waals surface area contributed by atoms with Gasteiger partial charge in [0.15, 0.2) is 0 Å². The molecular weight excluding hydrogens is 436 g/mol. The predicted octanol–water partition coefficient (Wildman–Crippen LogP) is 4.45. The number of aromatic nitrogens is 1. The van der Waals surface area contributed by atoms with Crippen molar-refractivity contribution in [3.05, 3.63) is 71.4 Å². The molecule has 0 spiro atoms. The minimum atomic E-state index is 0.000139. The number of nitrogens with one attached hydrogen (secondary N) is 1. The Morgan fingerprint density at radius 2 is 1.83 bits per heavy atom. The molecule has 0 radical (unpaired) electrons. The highest BCUT2D eigenvalue weighted by Crippen LogP contribution is 2.40. The molecule has 0 unspecified atom stereocenters. The summed E-state index contributed by atoms with van der Waals surface area (Å²) in [4.78, 5) is 23.2. The Balaban J connectivity index is 1.46. The van der Waals surface area contributed by atoms with E-state index >= 15 is 0 Å². The quantitative estimate of drug-likeness (QED) is 0.400. The maximum Gasteiger partial charge on any atom is 0.274 e. The molecule has 6 nitrogen and oxygen atoms in total. The minimum Gasteiger partial charge on any atom is -0.395 e. The van der Waals surface area contributed by atoms with Gasteiger partial charge in [0.1, 0.15) is 5.69 Å². The lowest BCUT2D eigenvalue weighted by Crippen LogP contribution is -2.29. The zero-order chi connectivity index (χ0) is 24.5. The van der Waals surface area contributed by atoms with Gasteiger partial charge in [-0.25, -0.2) is 0 Å². The van der Waals surface area contributed by atoms with Gasteiger partial charge in [-0.3, -0.25) is 4.79 Å². The molecule has 4 aromatic rings. The van der Waals surface area contributed by atoms with Crippen molar-refractivity contribution in [3.8, 4) is 0 Å². The number of aromatic amines is 1. The van der Waals surface area contributed by atoms with Crippen LogP contribution in [0.3, 0.4) is 0 Å². The molecule has 1 amide bonds. The molecule has 2 N–H and O–H groups in total. The van der Waals surface area contributed by atoms with Crippen molar-refractivity contribution >= 4 is 39.0 Å². The number of hydrogen-bond donors (Lipinski definition) is 2. The number of carbonyl (C=O) groups excluding carboxylic acids is 1. The fourth-order valence-electron chi connectivity index (χ4n) is 5.24. The molecule has 1 aromatic heterocycles. The van der Waals surface area contributed by atoms with Crippen LogP contribution in [0.25, 0.3) is 21.7 Å². The first-order chi connectivity index (χ1) is 17.0. The smallest absolute Gasteiger partial charge is 0.274 e. The number of aliphatic hydroxyl groups is 1. The summed E-state index contributed by atoms with van der Waals surface area (Å²) >= 11 is 0. The molecule has 0 atom stereocenters. The second kappa shape index (κ2) is 9.72. The largest absolute Gasteiger partial charge is 0.395 e. The van der Waals surface area contributed by atoms with Crippen molar-refractivity contribution in [2.45, 2.75) is 19.3 Å². The number of fused-ring (bicyclic) bond motifs is 4. The number of H-pyrrole nitrogens is 1. The molecule has 3 aromatic carbocycles. The average Bonchev–Trinajstić information content (AvgIpc) is 3.47. The van der Waals surface area contributed by atoms with Gasteiger partial charge in [-0.15, -0.1) is 0 Å².